The normalized spacial score (nSPS) is 20.0. The van der Waals surface area contributed by atoms with E-state index in [1.807, 2.05) is 20.2 Å². The van der Waals surface area contributed by atoms with Gasteiger partial charge in [0.05, 0.1) is 0 Å². The van der Waals surface area contributed by atoms with Crippen LogP contribution in [0, 0.1) is 0 Å². The van der Waals surface area contributed by atoms with Gasteiger partial charge in [-0.2, -0.15) is 0 Å². The van der Waals surface area contributed by atoms with E-state index in [-0.39, 0.29) is 37.3 Å². The number of rotatable bonds is 7. The molecule has 0 amide bonds. The van der Waals surface area contributed by atoms with Crippen LogP contribution < -0.4 is 17.7 Å². The van der Waals surface area contributed by atoms with Crippen LogP contribution in [0.4, 0.5) is 5.69 Å². The first kappa shape index (κ1) is 21.6. The highest BCUT2D eigenvalue weighted by Gasteiger charge is 2.30. The Kier molecular flexibility index (Phi) is 9.08. The summed E-state index contributed by atoms with van der Waals surface area (Å²) in [6.07, 6.45) is 6.23. The number of benzene rings is 1. The first-order valence-corrected chi connectivity index (χ1v) is 8.97. The van der Waals surface area contributed by atoms with Gasteiger partial charge < -0.3 is 32.5 Å². The predicted octanol–water partition coefficient (Wildman–Crippen LogP) is 0.750. The lowest BCUT2D eigenvalue weighted by Crippen LogP contribution is -3.00. The molecule has 0 heterocycles. The van der Waals surface area contributed by atoms with Crippen molar-refractivity contribution in [2.45, 2.75) is 57.6 Å². The zero-order chi connectivity index (χ0) is 17.5. The second-order valence-corrected chi connectivity index (χ2v) is 6.77. The lowest BCUT2D eigenvalue weighted by atomic mass is 9.91. The standard InChI is InChI=1S/C19H30N2O3.ClH/c1-4-5-12-20-14-10-11-15(17(22)13-14)19(23)24-18-9-7-6-8-16(18)21(2)3;/h10-11,13,16,18,20,22H,4-9,12H2,1-3H3;1H. The summed E-state index contributed by atoms with van der Waals surface area (Å²) in [5.41, 5.74) is 1.06. The summed E-state index contributed by atoms with van der Waals surface area (Å²) in [7, 11) is 4.04. The van der Waals surface area contributed by atoms with Crippen molar-refractivity contribution in [3.8, 4) is 5.75 Å². The highest BCUT2D eigenvalue weighted by atomic mass is 35.5. The molecule has 2 atom stereocenters. The van der Waals surface area contributed by atoms with Crippen molar-refractivity contribution < 1.29 is 28.5 Å². The third kappa shape index (κ3) is 6.08. The van der Waals surface area contributed by atoms with Gasteiger partial charge in [-0.15, -0.1) is 0 Å². The number of esters is 1. The summed E-state index contributed by atoms with van der Waals surface area (Å²) >= 11 is 0. The van der Waals surface area contributed by atoms with Crippen molar-refractivity contribution >= 4 is 11.7 Å². The zero-order valence-electron chi connectivity index (χ0n) is 16.4. The molecule has 25 heavy (non-hydrogen) atoms. The largest absolute Gasteiger partial charge is 1.00 e. The quantitative estimate of drug-likeness (QED) is 0.548. The van der Waals surface area contributed by atoms with E-state index in [0.29, 0.717) is 0 Å². The molecule has 2 rings (SSSR count). The van der Waals surface area contributed by atoms with Crippen molar-refractivity contribution in [1.82, 2.24) is 4.90 Å². The Bertz CT molecular complexity index is 558. The smallest absolute Gasteiger partial charge is 1.00 e. The van der Waals surface area contributed by atoms with E-state index in [9.17, 15) is 9.90 Å². The summed E-state index contributed by atoms with van der Waals surface area (Å²) < 4.78 is 5.71. The Morgan fingerprint density at radius 2 is 2.08 bits per heavy atom. The van der Waals surface area contributed by atoms with Crippen LogP contribution in [0.2, 0.25) is 0 Å². The predicted molar refractivity (Wildman–Crippen MR) is 97.8 cm³/mol. The van der Waals surface area contributed by atoms with E-state index in [2.05, 4.69) is 17.1 Å². The van der Waals surface area contributed by atoms with Gasteiger partial charge in [-0.1, -0.05) is 19.8 Å². The number of aromatic hydroxyl groups is 1. The van der Waals surface area contributed by atoms with Crippen LogP contribution in [0.1, 0.15) is 57.2 Å². The average Bonchev–Trinajstić information content (AvgIpc) is 2.55. The number of hydrogen-bond donors (Lipinski definition) is 2. The van der Waals surface area contributed by atoms with Crippen molar-refractivity contribution in [2.75, 3.05) is 26.0 Å². The zero-order valence-corrected chi connectivity index (χ0v) is 16.2. The molecule has 1 saturated carbocycles. The van der Waals surface area contributed by atoms with Crippen molar-refractivity contribution in [3.05, 3.63) is 23.8 Å². The number of anilines is 1. The fourth-order valence-corrected chi connectivity index (χ4v) is 3.23. The minimum absolute atomic E-state index is 0. The number of hydrogen-bond acceptors (Lipinski definition) is 5. The highest BCUT2D eigenvalue weighted by Crippen LogP contribution is 2.28. The Morgan fingerprint density at radius 3 is 2.72 bits per heavy atom. The molecule has 2 N–H and O–H groups in total. The number of phenols is 1. The second kappa shape index (κ2) is 10.5. The van der Waals surface area contributed by atoms with Crippen molar-refractivity contribution in [2.24, 2.45) is 0 Å². The molecule has 1 aromatic carbocycles. The number of nitrogens with one attached hydrogen (secondary N) is 1. The van der Waals surface area contributed by atoms with Crippen LogP contribution in [0.3, 0.4) is 0 Å². The third-order valence-corrected chi connectivity index (χ3v) is 4.67. The summed E-state index contributed by atoms with van der Waals surface area (Å²) in [6.45, 7) is 2.98. The van der Waals surface area contributed by atoms with Gasteiger partial charge in [-0.25, -0.2) is 4.79 Å². The van der Waals surface area contributed by atoms with Crippen LogP contribution >= 0.6 is 0 Å². The first-order valence-electron chi connectivity index (χ1n) is 8.97. The first-order chi connectivity index (χ1) is 11.5. The van der Waals surface area contributed by atoms with Crippen LogP contribution in [-0.4, -0.2) is 48.8 Å². The number of halogens is 1. The minimum atomic E-state index is -0.439. The molecule has 5 nitrogen and oxygen atoms in total. The number of phenolic OH excluding ortho intramolecular Hbond substituents is 1. The van der Waals surface area contributed by atoms with E-state index in [1.54, 1.807) is 12.1 Å². The molecule has 0 aliphatic heterocycles. The number of nitrogens with zero attached hydrogens (tertiary/aromatic N) is 1. The Hall–Kier alpha value is -1.46. The maximum absolute atomic E-state index is 12.5. The molecule has 0 radical (unpaired) electrons. The summed E-state index contributed by atoms with van der Waals surface area (Å²) in [5.74, 6) is -0.468. The van der Waals surface area contributed by atoms with Gasteiger partial charge in [0.2, 0.25) is 0 Å². The van der Waals surface area contributed by atoms with Gasteiger partial charge in [0, 0.05) is 24.3 Å². The van der Waals surface area contributed by atoms with Crippen LogP contribution in [-0.2, 0) is 4.74 Å². The summed E-state index contributed by atoms with van der Waals surface area (Å²) in [5, 5.41) is 13.4. The van der Waals surface area contributed by atoms with Gasteiger partial charge in [-0.05, 0) is 51.9 Å². The lowest BCUT2D eigenvalue weighted by molar-refractivity contribution is -0.00748. The van der Waals surface area contributed by atoms with E-state index in [4.69, 9.17) is 4.74 Å². The van der Waals surface area contributed by atoms with Gasteiger partial charge in [-0.3, -0.25) is 0 Å². The van der Waals surface area contributed by atoms with Crippen LogP contribution in [0.25, 0.3) is 0 Å². The number of likely N-dealkylation sites (N-methyl/N-ethyl adjacent to an activating group) is 1. The fraction of sp³-hybridized carbons (Fsp3) is 0.632. The van der Waals surface area contributed by atoms with Gasteiger partial charge in [0.1, 0.15) is 17.4 Å². The van der Waals surface area contributed by atoms with E-state index < -0.39 is 5.97 Å². The van der Waals surface area contributed by atoms with Crippen molar-refractivity contribution in [3.63, 3.8) is 0 Å². The molecule has 2 unspecified atom stereocenters. The molecule has 1 aliphatic carbocycles. The van der Waals surface area contributed by atoms with Crippen molar-refractivity contribution in [1.29, 1.82) is 0 Å². The molecular weight excluding hydrogens is 340 g/mol. The second-order valence-electron chi connectivity index (χ2n) is 6.77. The number of ether oxygens (including phenoxy) is 1. The minimum Gasteiger partial charge on any atom is -1.00 e. The molecule has 0 saturated heterocycles. The molecule has 1 fully saturated rings. The van der Waals surface area contributed by atoms with Gasteiger partial charge in [0.15, 0.2) is 0 Å². The molecule has 6 heteroatoms. The molecule has 0 spiro atoms. The molecule has 1 aliphatic rings. The molecule has 1 aromatic rings. The lowest BCUT2D eigenvalue weighted by Gasteiger charge is -2.35. The number of carbonyl (C=O) groups excluding carboxylic acids is 1. The van der Waals surface area contributed by atoms with Crippen LogP contribution in [0.15, 0.2) is 18.2 Å². The van der Waals surface area contributed by atoms with E-state index >= 15 is 0 Å². The highest BCUT2D eigenvalue weighted by molar-refractivity contribution is 5.93. The maximum Gasteiger partial charge on any atom is 1.00 e. The van der Waals surface area contributed by atoms with Crippen LogP contribution in [0.5, 0.6) is 5.75 Å². The van der Waals surface area contributed by atoms with E-state index in [1.165, 1.54) is 6.42 Å². The van der Waals surface area contributed by atoms with Gasteiger partial charge >= 0.3 is 7.40 Å². The number of carbonyl (C=O) groups is 1. The molecule has 0 bridgehead atoms. The Balaban J connectivity index is 0.00000312. The van der Waals surface area contributed by atoms with Gasteiger partial charge in [0.25, 0.3) is 0 Å². The summed E-state index contributed by atoms with van der Waals surface area (Å²) in [4.78, 5) is 14.6. The third-order valence-electron chi connectivity index (χ3n) is 4.67. The SMILES string of the molecule is CCCCNc1ccc(C(=O)OC2CCCCC2N(C)C)c(O)c1.[Cl-].[H+]. The van der Waals surface area contributed by atoms with E-state index in [0.717, 1.165) is 44.3 Å². The molecule has 0 aromatic heterocycles. The average molecular weight is 371 g/mol. The maximum atomic E-state index is 12.5. The number of unbranched alkanes of at least 4 members (excludes halogenated alkanes) is 1. The monoisotopic (exact) mass is 370 g/mol. The molecular formula is C19H31ClN2O3. The fourth-order valence-electron chi connectivity index (χ4n) is 3.23. The summed E-state index contributed by atoms with van der Waals surface area (Å²) in [6, 6.07) is 5.30. The molecule has 142 valence electrons. The topological polar surface area (TPSA) is 61.8 Å². The Morgan fingerprint density at radius 1 is 1.36 bits per heavy atom. The Labute approximate surface area is 158 Å².